The predicted molar refractivity (Wildman–Crippen MR) is 217 cm³/mol. The number of nitrogens with zero attached hydrogens (tertiary/aromatic N) is 1. The average Bonchev–Trinajstić information content (AvgIpc) is 3.10. The van der Waals surface area contributed by atoms with Crippen molar-refractivity contribution in [2.45, 2.75) is 174 Å². The van der Waals surface area contributed by atoms with Gasteiger partial charge in [-0.25, -0.2) is 4.79 Å². The van der Waals surface area contributed by atoms with E-state index in [-0.39, 0.29) is 12.2 Å². The van der Waals surface area contributed by atoms with Gasteiger partial charge in [0.1, 0.15) is 6.61 Å². The molecule has 0 aromatic heterocycles. The van der Waals surface area contributed by atoms with Crippen LogP contribution in [0, 0.1) is 0 Å². The number of hydrogen-bond acceptors (Lipinski definition) is 5. The van der Waals surface area contributed by atoms with Crippen LogP contribution in [0.2, 0.25) is 0 Å². The topological polar surface area (TPSA) is 60.0 Å². The molecule has 0 saturated carbocycles. The Balaban J connectivity index is 4.00. The number of likely N-dealkylation sites (N-methyl/N-ethyl adjacent to an activating group) is 1. The van der Waals surface area contributed by atoms with E-state index in [1.165, 1.54) is 128 Å². The van der Waals surface area contributed by atoms with Crippen molar-refractivity contribution in [1.82, 2.24) is 10.2 Å². The number of carbonyl (C=O) groups excluding carboxylic acids is 1. The van der Waals surface area contributed by atoms with Gasteiger partial charge in [-0.1, -0.05) is 140 Å². The van der Waals surface area contributed by atoms with Crippen molar-refractivity contribution in [2.24, 2.45) is 0 Å². The van der Waals surface area contributed by atoms with E-state index in [0.29, 0.717) is 32.9 Å². The normalized spacial score (nSPS) is 12.8. The quantitative estimate of drug-likeness (QED) is 0.0513. The highest BCUT2D eigenvalue weighted by atomic mass is 16.6. The van der Waals surface area contributed by atoms with Crippen LogP contribution in [0.1, 0.15) is 168 Å². The van der Waals surface area contributed by atoms with E-state index in [2.05, 4.69) is 67.8 Å². The lowest BCUT2D eigenvalue weighted by Crippen LogP contribution is -2.37. The molecule has 0 heterocycles. The van der Waals surface area contributed by atoms with Crippen LogP contribution in [0.3, 0.4) is 0 Å². The molecule has 0 radical (unpaired) electrons. The number of allylic oxidation sites excluding steroid dienone is 8. The van der Waals surface area contributed by atoms with Gasteiger partial charge in [-0.2, -0.15) is 0 Å². The molecule has 6 nitrogen and oxygen atoms in total. The first-order valence-corrected chi connectivity index (χ1v) is 20.9. The summed E-state index contributed by atoms with van der Waals surface area (Å²) in [5.41, 5.74) is 0. The first-order chi connectivity index (χ1) is 24.6. The van der Waals surface area contributed by atoms with Crippen molar-refractivity contribution in [2.75, 3.05) is 53.6 Å². The molecule has 0 aliphatic rings. The van der Waals surface area contributed by atoms with Gasteiger partial charge in [-0.05, 0) is 91.1 Å². The summed E-state index contributed by atoms with van der Waals surface area (Å²) in [5.74, 6) is 0. The zero-order valence-corrected chi connectivity index (χ0v) is 33.5. The summed E-state index contributed by atoms with van der Waals surface area (Å²) >= 11 is 0. The third kappa shape index (κ3) is 40.5. The molecule has 292 valence electrons. The number of nitrogens with one attached hydrogen (secondary N) is 1. The Bertz CT molecular complexity index is 808. The fourth-order valence-corrected chi connectivity index (χ4v) is 5.48. The molecular weight excluding hydrogens is 620 g/mol. The van der Waals surface area contributed by atoms with E-state index in [9.17, 15) is 4.79 Å². The molecule has 0 aliphatic carbocycles. The van der Waals surface area contributed by atoms with E-state index in [4.69, 9.17) is 14.2 Å². The van der Waals surface area contributed by atoms with E-state index < -0.39 is 0 Å². The van der Waals surface area contributed by atoms with Gasteiger partial charge in [0.25, 0.3) is 0 Å². The van der Waals surface area contributed by atoms with Crippen LogP contribution < -0.4 is 5.32 Å². The van der Waals surface area contributed by atoms with Crippen LogP contribution in [0.4, 0.5) is 4.79 Å². The Morgan fingerprint density at radius 3 is 1.48 bits per heavy atom. The van der Waals surface area contributed by atoms with Gasteiger partial charge in [-0.3, -0.25) is 0 Å². The molecule has 1 amide bonds. The minimum absolute atomic E-state index is 0.154. The standard InChI is InChI=1S/C44H82N2O4/c1-5-7-9-11-13-15-17-19-21-23-25-27-29-31-33-35-38-48-42-43(41-45-44(47)50-40-37-46(3)4)49-39-36-34-32-30-28-26-24-22-20-18-16-14-12-10-8-6-2/h13-16,19-22,43H,5-12,17-18,23-42H2,1-4H3,(H,45,47). The molecule has 0 fully saturated rings. The Hall–Kier alpha value is -1.89. The molecular formula is C44H82N2O4. The molecule has 0 spiro atoms. The third-order valence-electron chi connectivity index (χ3n) is 8.74. The van der Waals surface area contributed by atoms with Crippen LogP contribution >= 0.6 is 0 Å². The lowest BCUT2D eigenvalue weighted by Gasteiger charge is -2.19. The summed E-state index contributed by atoms with van der Waals surface area (Å²) in [5, 5.41) is 2.87. The maximum Gasteiger partial charge on any atom is 0.407 e. The Kier molecular flexibility index (Phi) is 40.0. The van der Waals surface area contributed by atoms with Gasteiger partial charge in [0.2, 0.25) is 0 Å². The number of unbranched alkanes of at least 4 members (excludes halogenated alkanes) is 18. The van der Waals surface area contributed by atoms with E-state index in [1.54, 1.807) is 0 Å². The molecule has 1 N–H and O–H groups in total. The van der Waals surface area contributed by atoms with Gasteiger partial charge in [-0.15, -0.1) is 0 Å². The van der Waals surface area contributed by atoms with Crippen molar-refractivity contribution in [1.29, 1.82) is 0 Å². The fourth-order valence-electron chi connectivity index (χ4n) is 5.48. The maximum atomic E-state index is 12.1. The second-order valence-corrected chi connectivity index (χ2v) is 14.1. The molecule has 1 atom stereocenters. The number of alkyl carbamates (subject to hydrolysis) is 1. The van der Waals surface area contributed by atoms with Gasteiger partial charge in [0, 0.05) is 26.3 Å². The van der Waals surface area contributed by atoms with Crippen molar-refractivity contribution in [3.05, 3.63) is 48.6 Å². The summed E-state index contributed by atoms with van der Waals surface area (Å²) < 4.78 is 17.4. The van der Waals surface area contributed by atoms with Gasteiger partial charge >= 0.3 is 6.09 Å². The second kappa shape index (κ2) is 41.5. The summed E-state index contributed by atoms with van der Waals surface area (Å²) in [6.45, 7) is 7.94. The number of ether oxygens (including phenoxy) is 3. The zero-order valence-electron chi connectivity index (χ0n) is 33.5. The summed E-state index contributed by atoms with van der Waals surface area (Å²) in [7, 11) is 3.93. The molecule has 0 aromatic carbocycles. The van der Waals surface area contributed by atoms with Crippen molar-refractivity contribution < 1.29 is 19.0 Å². The Labute approximate surface area is 310 Å². The highest BCUT2D eigenvalue weighted by Crippen LogP contribution is 2.10. The number of rotatable bonds is 38. The first kappa shape index (κ1) is 48.1. The third-order valence-corrected chi connectivity index (χ3v) is 8.74. The van der Waals surface area contributed by atoms with Crippen LogP contribution in [0.5, 0.6) is 0 Å². The molecule has 1 unspecified atom stereocenters. The van der Waals surface area contributed by atoms with Crippen LogP contribution in [0.15, 0.2) is 48.6 Å². The lowest BCUT2D eigenvalue weighted by atomic mass is 10.1. The molecule has 0 rings (SSSR count). The summed E-state index contributed by atoms with van der Waals surface area (Å²) in [6, 6.07) is 0. The summed E-state index contributed by atoms with van der Waals surface area (Å²) in [6.07, 6.45) is 47.7. The van der Waals surface area contributed by atoms with Gasteiger partial charge in [0.05, 0.1) is 12.7 Å². The lowest BCUT2D eigenvalue weighted by molar-refractivity contribution is -0.0175. The molecule has 0 aliphatic heterocycles. The van der Waals surface area contributed by atoms with E-state index >= 15 is 0 Å². The maximum absolute atomic E-state index is 12.1. The summed E-state index contributed by atoms with van der Waals surface area (Å²) in [4.78, 5) is 14.1. The van der Waals surface area contributed by atoms with E-state index in [1.807, 2.05) is 19.0 Å². The number of hydrogen-bond donors (Lipinski definition) is 1. The monoisotopic (exact) mass is 703 g/mol. The fraction of sp³-hybridized carbons (Fsp3) is 0.795. The molecule has 6 heteroatoms. The number of carbonyl (C=O) groups is 1. The largest absolute Gasteiger partial charge is 0.448 e. The SMILES string of the molecule is CCCCCC=CCC=CCCCCCCCCOCC(CNC(=O)OCCN(C)C)OCCCCCCCCC=CCC=CCCCCC. The van der Waals surface area contributed by atoms with E-state index in [0.717, 1.165) is 32.3 Å². The molecule has 0 aromatic rings. The second-order valence-electron chi connectivity index (χ2n) is 14.1. The smallest absolute Gasteiger partial charge is 0.407 e. The zero-order chi connectivity index (χ0) is 36.4. The highest BCUT2D eigenvalue weighted by Gasteiger charge is 2.12. The predicted octanol–water partition coefficient (Wildman–Crippen LogP) is 12.3. The van der Waals surface area contributed by atoms with Crippen LogP contribution in [-0.4, -0.2) is 70.7 Å². The van der Waals surface area contributed by atoms with Crippen molar-refractivity contribution >= 4 is 6.09 Å². The average molecular weight is 703 g/mol. The number of amides is 1. The highest BCUT2D eigenvalue weighted by molar-refractivity contribution is 5.67. The Morgan fingerprint density at radius 1 is 0.560 bits per heavy atom. The van der Waals surface area contributed by atoms with Crippen molar-refractivity contribution in [3.63, 3.8) is 0 Å². The minimum Gasteiger partial charge on any atom is -0.448 e. The van der Waals surface area contributed by atoms with Gasteiger partial charge in [0.15, 0.2) is 0 Å². The van der Waals surface area contributed by atoms with Gasteiger partial charge < -0.3 is 24.4 Å². The van der Waals surface area contributed by atoms with Crippen molar-refractivity contribution in [3.8, 4) is 0 Å². The molecule has 0 bridgehead atoms. The Morgan fingerprint density at radius 2 is 1.00 bits per heavy atom. The molecule has 50 heavy (non-hydrogen) atoms. The minimum atomic E-state index is -0.390. The van der Waals surface area contributed by atoms with Crippen LogP contribution in [0.25, 0.3) is 0 Å². The first-order valence-electron chi connectivity index (χ1n) is 20.9. The molecule has 0 saturated heterocycles. The van der Waals surface area contributed by atoms with Crippen LogP contribution in [-0.2, 0) is 14.2 Å².